The Labute approximate surface area is 110 Å². The van der Waals surface area contributed by atoms with Crippen LogP contribution in [-0.2, 0) is 6.54 Å². The number of nitrogens with zero attached hydrogens (tertiary/aromatic N) is 3. The van der Waals surface area contributed by atoms with E-state index in [0.717, 1.165) is 24.0 Å². The lowest BCUT2D eigenvalue weighted by Gasteiger charge is -2.25. The van der Waals surface area contributed by atoms with Gasteiger partial charge < -0.3 is 10.2 Å². The summed E-state index contributed by atoms with van der Waals surface area (Å²) in [7, 11) is 2.12. The Balaban J connectivity index is 2.01. The second-order valence-electron chi connectivity index (χ2n) is 5.59. The van der Waals surface area contributed by atoms with Crippen molar-refractivity contribution >= 4 is 5.82 Å². The Kier molecular flexibility index (Phi) is 4.17. The lowest BCUT2D eigenvalue weighted by molar-refractivity contribution is 0.574. The molecule has 1 fully saturated rings. The maximum atomic E-state index is 4.68. The standard InChI is InChI=1S/C14H24N4/c1-10(2)16-8-13-7-15-9-14(17-13)18(4)11(3)12-5-6-12/h7,9-12,16H,5-6,8H2,1-4H3. The molecule has 0 spiro atoms. The van der Waals surface area contributed by atoms with Crippen molar-refractivity contribution in [3.8, 4) is 0 Å². The van der Waals surface area contributed by atoms with Crippen molar-refractivity contribution in [2.75, 3.05) is 11.9 Å². The van der Waals surface area contributed by atoms with E-state index in [9.17, 15) is 0 Å². The first kappa shape index (κ1) is 13.3. The summed E-state index contributed by atoms with van der Waals surface area (Å²) in [4.78, 5) is 11.2. The highest BCUT2D eigenvalue weighted by atomic mass is 15.2. The molecule has 1 unspecified atom stereocenters. The third kappa shape index (κ3) is 3.42. The van der Waals surface area contributed by atoms with E-state index in [-0.39, 0.29) is 0 Å². The van der Waals surface area contributed by atoms with Crippen molar-refractivity contribution in [2.45, 2.75) is 52.2 Å². The van der Waals surface area contributed by atoms with Gasteiger partial charge in [-0.2, -0.15) is 0 Å². The molecule has 4 nitrogen and oxygen atoms in total. The summed E-state index contributed by atoms with van der Waals surface area (Å²) in [6.07, 6.45) is 6.41. The van der Waals surface area contributed by atoms with Crippen LogP contribution in [0.4, 0.5) is 5.82 Å². The summed E-state index contributed by atoms with van der Waals surface area (Å²) in [5, 5.41) is 3.37. The number of hydrogen-bond donors (Lipinski definition) is 1. The highest BCUT2D eigenvalue weighted by Crippen LogP contribution is 2.35. The Morgan fingerprint density at radius 3 is 2.67 bits per heavy atom. The van der Waals surface area contributed by atoms with Crippen LogP contribution in [-0.4, -0.2) is 29.1 Å². The van der Waals surface area contributed by atoms with E-state index >= 15 is 0 Å². The lowest BCUT2D eigenvalue weighted by Crippen LogP contribution is -2.32. The average molecular weight is 248 g/mol. The third-order valence-corrected chi connectivity index (χ3v) is 3.64. The molecule has 0 aliphatic heterocycles. The fraction of sp³-hybridized carbons (Fsp3) is 0.714. The van der Waals surface area contributed by atoms with Gasteiger partial charge in [0.1, 0.15) is 5.82 Å². The SMILES string of the molecule is CC(C)NCc1cncc(N(C)C(C)C2CC2)n1. The number of rotatable bonds is 6. The van der Waals surface area contributed by atoms with Crippen LogP contribution in [0.2, 0.25) is 0 Å². The minimum Gasteiger partial charge on any atom is -0.355 e. The molecule has 18 heavy (non-hydrogen) atoms. The van der Waals surface area contributed by atoms with E-state index in [1.165, 1.54) is 12.8 Å². The number of hydrogen-bond acceptors (Lipinski definition) is 4. The Morgan fingerprint density at radius 1 is 1.33 bits per heavy atom. The van der Waals surface area contributed by atoms with E-state index in [0.29, 0.717) is 12.1 Å². The topological polar surface area (TPSA) is 41.1 Å². The summed E-state index contributed by atoms with van der Waals surface area (Å²) < 4.78 is 0. The summed E-state index contributed by atoms with van der Waals surface area (Å²) in [6, 6.07) is 1.03. The molecule has 1 aromatic rings. The fourth-order valence-electron chi connectivity index (χ4n) is 2.06. The molecule has 4 heteroatoms. The Bertz CT molecular complexity index is 387. The van der Waals surface area contributed by atoms with Crippen molar-refractivity contribution < 1.29 is 0 Å². The van der Waals surface area contributed by atoms with Crippen LogP contribution in [0.1, 0.15) is 39.3 Å². The summed E-state index contributed by atoms with van der Waals surface area (Å²) >= 11 is 0. The lowest BCUT2D eigenvalue weighted by atomic mass is 10.2. The van der Waals surface area contributed by atoms with Gasteiger partial charge in [0.2, 0.25) is 0 Å². The molecule has 1 atom stereocenters. The summed E-state index contributed by atoms with van der Waals surface area (Å²) in [5.41, 5.74) is 1.01. The molecule has 0 amide bonds. The van der Waals surface area contributed by atoms with Gasteiger partial charge in [0.15, 0.2) is 0 Å². The predicted molar refractivity (Wildman–Crippen MR) is 74.6 cm³/mol. The minimum absolute atomic E-state index is 0.471. The van der Waals surface area contributed by atoms with Gasteiger partial charge in [-0.05, 0) is 25.7 Å². The second-order valence-corrected chi connectivity index (χ2v) is 5.59. The van der Waals surface area contributed by atoms with E-state index in [4.69, 9.17) is 0 Å². The monoisotopic (exact) mass is 248 g/mol. The summed E-state index contributed by atoms with van der Waals surface area (Å²) in [5.74, 6) is 1.83. The maximum Gasteiger partial charge on any atom is 0.147 e. The molecule has 0 aromatic carbocycles. The zero-order valence-corrected chi connectivity index (χ0v) is 11.8. The van der Waals surface area contributed by atoms with Crippen molar-refractivity contribution in [3.63, 3.8) is 0 Å². The minimum atomic E-state index is 0.471. The fourth-order valence-corrected chi connectivity index (χ4v) is 2.06. The Hall–Kier alpha value is -1.16. The molecule has 1 aliphatic carbocycles. The van der Waals surface area contributed by atoms with Crippen molar-refractivity contribution in [2.24, 2.45) is 5.92 Å². The molecule has 1 aliphatic rings. The van der Waals surface area contributed by atoms with Crippen LogP contribution in [0.25, 0.3) is 0 Å². The molecule has 1 heterocycles. The van der Waals surface area contributed by atoms with Gasteiger partial charge in [0, 0.05) is 31.9 Å². The van der Waals surface area contributed by atoms with Crippen LogP contribution in [0, 0.1) is 5.92 Å². The molecular weight excluding hydrogens is 224 g/mol. The van der Waals surface area contributed by atoms with E-state index in [1.54, 1.807) is 0 Å². The molecule has 1 saturated carbocycles. The van der Waals surface area contributed by atoms with E-state index in [2.05, 4.69) is 48.0 Å². The van der Waals surface area contributed by atoms with E-state index < -0.39 is 0 Å². The number of anilines is 1. The number of nitrogens with one attached hydrogen (secondary N) is 1. The van der Waals surface area contributed by atoms with Crippen LogP contribution in [0.3, 0.4) is 0 Å². The van der Waals surface area contributed by atoms with Gasteiger partial charge in [-0.3, -0.25) is 4.98 Å². The van der Waals surface area contributed by atoms with Gasteiger partial charge >= 0.3 is 0 Å². The van der Waals surface area contributed by atoms with Crippen molar-refractivity contribution in [1.29, 1.82) is 0 Å². The van der Waals surface area contributed by atoms with Gasteiger partial charge in [-0.25, -0.2) is 4.98 Å². The maximum absolute atomic E-state index is 4.68. The first-order valence-electron chi connectivity index (χ1n) is 6.85. The zero-order valence-electron chi connectivity index (χ0n) is 11.8. The van der Waals surface area contributed by atoms with Gasteiger partial charge in [-0.1, -0.05) is 13.8 Å². The highest BCUT2D eigenvalue weighted by molar-refractivity contribution is 5.37. The van der Waals surface area contributed by atoms with Gasteiger partial charge in [0.25, 0.3) is 0 Å². The van der Waals surface area contributed by atoms with E-state index in [1.807, 2.05) is 12.4 Å². The third-order valence-electron chi connectivity index (χ3n) is 3.64. The molecule has 2 rings (SSSR count). The normalized spacial score (nSPS) is 16.9. The largest absolute Gasteiger partial charge is 0.355 e. The quantitative estimate of drug-likeness (QED) is 0.838. The number of aromatic nitrogens is 2. The molecule has 1 aromatic heterocycles. The zero-order chi connectivity index (χ0) is 13.1. The molecule has 1 N–H and O–H groups in total. The summed E-state index contributed by atoms with van der Waals surface area (Å²) in [6.45, 7) is 7.33. The van der Waals surface area contributed by atoms with Crippen LogP contribution in [0.15, 0.2) is 12.4 Å². The van der Waals surface area contributed by atoms with Crippen LogP contribution in [0.5, 0.6) is 0 Å². The Morgan fingerprint density at radius 2 is 2.06 bits per heavy atom. The molecule has 0 radical (unpaired) electrons. The molecular formula is C14H24N4. The van der Waals surface area contributed by atoms with Crippen molar-refractivity contribution in [3.05, 3.63) is 18.1 Å². The molecule has 0 bridgehead atoms. The highest BCUT2D eigenvalue weighted by Gasteiger charge is 2.31. The van der Waals surface area contributed by atoms with Crippen molar-refractivity contribution in [1.82, 2.24) is 15.3 Å². The second kappa shape index (κ2) is 5.65. The predicted octanol–water partition coefficient (Wildman–Crippen LogP) is 2.21. The van der Waals surface area contributed by atoms with Gasteiger partial charge in [-0.15, -0.1) is 0 Å². The smallest absolute Gasteiger partial charge is 0.147 e. The van der Waals surface area contributed by atoms with Gasteiger partial charge in [0.05, 0.1) is 11.9 Å². The first-order valence-corrected chi connectivity index (χ1v) is 6.85. The van der Waals surface area contributed by atoms with Crippen LogP contribution >= 0.6 is 0 Å². The first-order chi connectivity index (χ1) is 8.58. The van der Waals surface area contributed by atoms with Crippen LogP contribution < -0.4 is 10.2 Å². The average Bonchev–Trinajstić information content (AvgIpc) is 3.19. The molecule has 0 saturated heterocycles. The molecule has 100 valence electrons.